The van der Waals surface area contributed by atoms with E-state index in [9.17, 15) is 9.59 Å². The fourth-order valence-electron chi connectivity index (χ4n) is 7.10. The lowest BCUT2D eigenvalue weighted by molar-refractivity contribution is 0.0272. The number of aryl methyl sites for hydroxylation is 2. The normalized spacial score (nSPS) is 20.9. The van der Waals surface area contributed by atoms with Crippen molar-refractivity contribution in [2.24, 2.45) is 0 Å². The summed E-state index contributed by atoms with van der Waals surface area (Å²) in [5, 5.41) is 3.15. The largest absolute Gasteiger partial charge is 0.398 e. The number of likely N-dealkylation sites (tertiary alicyclic amines) is 2. The van der Waals surface area contributed by atoms with Crippen molar-refractivity contribution >= 4 is 23.3 Å². The lowest BCUT2D eigenvalue weighted by atomic mass is 9.99. The van der Waals surface area contributed by atoms with E-state index in [1.54, 1.807) is 24.4 Å². The minimum absolute atomic E-state index is 0.0275. The van der Waals surface area contributed by atoms with Crippen LogP contribution in [0.2, 0.25) is 0 Å². The molecule has 1 aliphatic carbocycles. The van der Waals surface area contributed by atoms with Gasteiger partial charge in [-0.05, 0) is 112 Å². The number of piperidine rings is 1. The number of nitrogens with zero attached hydrogens (tertiary/aromatic N) is 3. The van der Waals surface area contributed by atoms with Crippen molar-refractivity contribution in [3.63, 3.8) is 0 Å². The van der Waals surface area contributed by atoms with E-state index in [1.165, 1.54) is 37.1 Å². The Morgan fingerprint density at radius 2 is 1.64 bits per heavy atom. The van der Waals surface area contributed by atoms with Crippen molar-refractivity contribution in [3.05, 3.63) is 76.5 Å². The summed E-state index contributed by atoms with van der Waals surface area (Å²) in [5.41, 5.74) is 19.0. The van der Waals surface area contributed by atoms with Crippen molar-refractivity contribution in [1.29, 1.82) is 0 Å². The summed E-state index contributed by atoms with van der Waals surface area (Å²) in [4.78, 5) is 35.6. The molecule has 0 unspecified atom stereocenters. The first-order chi connectivity index (χ1) is 21.8. The highest BCUT2D eigenvalue weighted by atomic mass is 16.5. The summed E-state index contributed by atoms with van der Waals surface area (Å²) in [5.74, 6) is -0.134. The fraction of sp³-hybridized carbons (Fsp3) is 0.472. The second-order valence-electron chi connectivity index (χ2n) is 13.0. The molecule has 2 aromatic carbocycles. The Balaban J connectivity index is 1.09. The Bertz CT molecular complexity index is 1540. The third-order valence-electron chi connectivity index (χ3n) is 9.99. The Hall–Kier alpha value is -3.95. The highest BCUT2D eigenvalue weighted by Crippen LogP contribution is 2.29. The van der Waals surface area contributed by atoms with Gasteiger partial charge in [0.15, 0.2) is 0 Å². The van der Waals surface area contributed by atoms with Crippen LogP contribution < -0.4 is 16.8 Å². The van der Waals surface area contributed by atoms with Crippen molar-refractivity contribution in [1.82, 2.24) is 20.1 Å². The molecular formula is C36H46N6O3. The first kappa shape index (κ1) is 31.0. The predicted octanol–water partition coefficient (Wildman–Crippen LogP) is 5.10. The molecule has 6 rings (SSSR count). The highest BCUT2D eigenvalue weighted by Gasteiger charge is 2.31. The number of pyridine rings is 1. The summed E-state index contributed by atoms with van der Waals surface area (Å²) in [6.45, 7) is 8.57. The van der Waals surface area contributed by atoms with Gasteiger partial charge in [0, 0.05) is 36.6 Å². The molecule has 1 saturated carbocycles. The van der Waals surface area contributed by atoms with Crippen molar-refractivity contribution < 1.29 is 14.3 Å². The number of benzene rings is 2. The second-order valence-corrected chi connectivity index (χ2v) is 13.0. The molecule has 1 aromatic heterocycles. The van der Waals surface area contributed by atoms with E-state index >= 15 is 0 Å². The standard InChI is InChI=1S/C36H46N6O3/c1-23-8-9-25(18-24(23)2)22-45-33-7-5-6-32(33)40-35(43)30-19-27(21-39-34(30)38)26-10-11-29(31(37)20-26)36(44)42-16-12-28(13-17-42)41-14-3-4-15-41/h8-11,18-21,28,32-33H,3-7,12-17,22,37H2,1-2H3,(H2,38,39)(H,40,43)/t32-,33-/m0/s1. The molecular weight excluding hydrogens is 564 g/mol. The molecule has 2 aliphatic heterocycles. The van der Waals surface area contributed by atoms with E-state index in [2.05, 4.69) is 47.2 Å². The molecule has 3 aliphatic rings. The van der Waals surface area contributed by atoms with E-state index in [1.807, 2.05) is 11.0 Å². The molecule has 0 radical (unpaired) electrons. The average Bonchev–Trinajstić information content (AvgIpc) is 3.74. The summed E-state index contributed by atoms with van der Waals surface area (Å²) in [7, 11) is 0. The van der Waals surface area contributed by atoms with Crippen LogP contribution in [0.3, 0.4) is 0 Å². The summed E-state index contributed by atoms with van der Waals surface area (Å²) >= 11 is 0. The van der Waals surface area contributed by atoms with Gasteiger partial charge in [0.05, 0.1) is 29.9 Å². The number of aromatic nitrogens is 1. The number of carbonyl (C=O) groups excluding carboxylic acids is 2. The second kappa shape index (κ2) is 13.6. The zero-order chi connectivity index (χ0) is 31.5. The maximum absolute atomic E-state index is 13.4. The molecule has 0 bridgehead atoms. The Morgan fingerprint density at radius 3 is 2.38 bits per heavy atom. The lowest BCUT2D eigenvalue weighted by Gasteiger charge is -2.36. The number of rotatable bonds is 8. The molecule has 2 saturated heterocycles. The quantitative estimate of drug-likeness (QED) is 0.303. The number of anilines is 2. The van der Waals surface area contributed by atoms with Gasteiger partial charge < -0.3 is 31.3 Å². The van der Waals surface area contributed by atoms with E-state index < -0.39 is 0 Å². The zero-order valence-electron chi connectivity index (χ0n) is 26.6. The van der Waals surface area contributed by atoms with Crippen LogP contribution in [0.1, 0.15) is 82.4 Å². The number of nitrogens with two attached hydrogens (primary N) is 2. The Kier molecular flexibility index (Phi) is 9.37. The number of amides is 2. The summed E-state index contributed by atoms with van der Waals surface area (Å²) in [6, 6.07) is 14.0. The van der Waals surface area contributed by atoms with E-state index in [-0.39, 0.29) is 29.8 Å². The molecule has 45 heavy (non-hydrogen) atoms. The summed E-state index contributed by atoms with van der Waals surface area (Å²) < 4.78 is 6.26. The molecule has 0 spiro atoms. The lowest BCUT2D eigenvalue weighted by Crippen LogP contribution is -2.46. The number of hydrogen-bond donors (Lipinski definition) is 3. The van der Waals surface area contributed by atoms with Crippen LogP contribution >= 0.6 is 0 Å². The molecule has 9 nitrogen and oxygen atoms in total. The number of nitrogens with one attached hydrogen (secondary N) is 1. The molecule has 3 aromatic rings. The van der Waals surface area contributed by atoms with E-state index in [0.29, 0.717) is 35.0 Å². The van der Waals surface area contributed by atoms with E-state index in [0.717, 1.165) is 56.3 Å². The van der Waals surface area contributed by atoms with Crippen LogP contribution in [-0.4, -0.2) is 71.0 Å². The first-order valence-corrected chi connectivity index (χ1v) is 16.4. The fourth-order valence-corrected chi connectivity index (χ4v) is 7.10. The van der Waals surface area contributed by atoms with Crippen LogP contribution in [0.15, 0.2) is 48.7 Å². The third kappa shape index (κ3) is 6.99. The molecule has 3 fully saturated rings. The number of ether oxygens (including phenoxy) is 1. The van der Waals surface area contributed by atoms with Gasteiger partial charge in [-0.25, -0.2) is 4.98 Å². The number of nitrogen functional groups attached to an aromatic ring is 2. The van der Waals surface area contributed by atoms with E-state index in [4.69, 9.17) is 16.2 Å². The average molecular weight is 611 g/mol. The smallest absolute Gasteiger partial charge is 0.255 e. The maximum Gasteiger partial charge on any atom is 0.255 e. The topological polar surface area (TPSA) is 127 Å². The Labute approximate surface area is 266 Å². The number of carbonyl (C=O) groups is 2. The SMILES string of the molecule is Cc1ccc(CO[C@H]2CCC[C@@H]2NC(=O)c2cc(-c3ccc(C(=O)N4CCC(N5CCCC5)CC4)c(N)c3)cnc2N)cc1C. The minimum Gasteiger partial charge on any atom is -0.398 e. The minimum atomic E-state index is -0.273. The highest BCUT2D eigenvalue weighted by molar-refractivity contribution is 6.01. The predicted molar refractivity (Wildman–Crippen MR) is 178 cm³/mol. The maximum atomic E-state index is 13.4. The molecule has 2 atom stereocenters. The van der Waals surface area contributed by atoms with Crippen LogP contribution in [-0.2, 0) is 11.3 Å². The summed E-state index contributed by atoms with van der Waals surface area (Å²) in [6.07, 6.45) is 8.86. The van der Waals surface area contributed by atoms with Crippen molar-refractivity contribution in [2.75, 3.05) is 37.6 Å². The van der Waals surface area contributed by atoms with Crippen LogP contribution in [0.5, 0.6) is 0 Å². The monoisotopic (exact) mass is 610 g/mol. The van der Waals surface area contributed by atoms with Crippen LogP contribution in [0.25, 0.3) is 11.1 Å². The molecule has 9 heteroatoms. The molecule has 3 heterocycles. The molecule has 5 N–H and O–H groups in total. The third-order valence-corrected chi connectivity index (χ3v) is 9.99. The zero-order valence-corrected chi connectivity index (χ0v) is 26.6. The van der Waals surface area contributed by atoms with Gasteiger partial charge in [-0.1, -0.05) is 24.3 Å². The Morgan fingerprint density at radius 1 is 0.867 bits per heavy atom. The van der Waals surface area contributed by atoms with Crippen molar-refractivity contribution in [2.45, 2.75) is 83.6 Å². The van der Waals surface area contributed by atoms with Gasteiger partial charge in [0.25, 0.3) is 11.8 Å². The van der Waals surface area contributed by atoms with Gasteiger partial charge in [-0.15, -0.1) is 0 Å². The first-order valence-electron chi connectivity index (χ1n) is 16.4. The van der Waals surface area contributed by atoms with Crippen LogP contribution in [0.4, 0.5) is 11.5 Å². The van der Waals surface area contributed by atoms with Gasteiger partial charge in [0.2, 0.25) is 0 Å². The molecule has 2 amide bonds. The number of hydrogen-bond acceptors (Lipinski definition) is 7. The van der Waals surface area contributed by atoms with Crippen molar-refractivity contribution in [3.8, 4) is 11.1 Å². The van der Waals surface area contributed by atoms with Crippen LogP contribution in [0, 0.1) is 13.8 Å². The van der Waals surface area contributed by atoms with Gasteiger partial charge in [-0.3, -0.25) is 9.59 Å². The van der Waals surface area contributed by atoms with Gasteiger partial charge in [0.1, 0.15) is 5.82 Å². The van der Waals surface area contributed by atoms with Gasteiger partial charge in [-0.2, -0.15) is 0 Å². The van der Waals surface area contributed by atoms with Gasteiger partial charge >= 0.3 is 0 Å². The molecule has 238 valence electrons.